The van der Waals surface area contributed by atoms with Gasteiger partial charge in [-0.25, -0.2) is 27.7 Å². The molecule has 2 saturated heterocycles. The standard InChI is InChI=1S/C29H44N6O6S2/c1-19(2)41-28(37)32-21-9-10-23(25(16-21)43(38,39)33-29(3,4)5)24-17-30-26(42-24)35-14-11-20(12-15-35)31-27(36)40-18-22-8-7-13-34(22)6/h9-10,16-17,19-20,22,33H,7-8,11-15,18H2,1-6H3,(H,31,36)(H,32,37)/t22-/m0/s1. The van der Waals surface area contributed by atoms with E-state index in [2.05, 4.69) is 37.2 Å². The van der Waals surface area contributed by atoms with Crippen molar-refractivity contribution in [3.8, 4) is 10.4 Å². The van der Waals surface area contributed by atoms with Gasteiger partial charge in [0, 0.05) is 48.2 Å². The van der Waals surface area contributed by atoms with Crippen LogP contribution in [0.25, 0.3) is 10.4 Å². The van der Waals surface area contributed by atoms with Gasteiger partial charge in [-0.1, -0.05) is 17.4 Å². The number of carbonyl (C=O) groups excluding carboxylic acids is 2. The fourth-order valence-electron chi connectivity index (χ4n) is 5.17. The van der Waals surface area contributed by atoms with Gasteiger partial charge in [-0.2, -0.15) is 0 Å². The predicted octanol–water partition coefficient (Wildman–Crippen LogP) is 4.63. The number of nitrogens with one attached hydrogen (secondary N) is 3. The van der Waals surface area contributed by atoms with Crippen LogP contribution in [-0.2, 0) is 19.5 Å². The molecule has 0 radical (unpaired) electrons. The van der Waals surface area contributed by atoms with Crippen LogP contribution in [0.5, 0.6) is 0 Å². The van der Waals surface area contributed by atoms with E-state index in [9.17, 15) is 18.0 Å². The lowest BCUT2D eigenvalue weighted by Crippen LogP contribution is -2.45. The van der Waals surface area contributed by atoms with Crippen LogP contribution in [0.1, 0.15) is 60.3 Å². The summed E-state index contributed by atoms with van der Waals surface area (Å²) in [5.74, 6) is 0. The van der Waals surface area contributed by atoms with E-state index in [0.717, 1.165) is 37.4 Å². The lowest BCUT2D eigenvalue weighted by Gasteiger charge is -2.32. The van der Waals surface area contributed by atoms with Crippen LogP contribution in [0, 0.1) is 0 Å². The molecule has 2 amide bonds. The van der Waals surface area contributed by atoms with Crippen LogP contribution in [0.2, 0.25) is 0 Å². The van der Waals surface area contributed by atoms with Gasteiger partial charge in [0.05, 0.1) is 15.9 Å². The molecule has 0 spiro atoms. The summed E-state index contributed by atoms with van der Waals surface area (Å²) >= 11 is 1.40. The van der Waals surface area contributed by atoms with Crippen LogP contribution in [0.15, 0.2) is 29.3 Å². The quantitative estimate of drug-likeness (QED) is 0.359. The molecule has 0 saturated carbocycles. The molecule has 1 atom stereocenters. The van der Waals surface area contributed by atoms with Crippen LogP contribution >= 0.6 is 11.3 Å². The Hall–Kier alpha value is -2.94. The molecular formula is C29H44N6O6S2. The summed E-state index contributed by atoms with van der Waals surface area (Å²) in [6, 6.07) is 5.07. The van der Waals surface area contributed by atoms with E-state index in [1.165, 1.54) is 17.4 Å². The minimum Gasteiger partial charge on any atom is -0.448 e. The summed E-state index contributed by atoms with van der Waals surface area (Å²) < 4.78 is 40.3. The number of hydrogen-bond donors (Lipinski definition) is 3. The van der Waals surface area contributed by atoms with Gasteiger partial charge in [-0.15, -0.1) is 0 Å². The highest BCUT2D eigenvalue weighted by Crippen LogP contribution is 2.37. The van der Waals surface area contributed by atoms with E-state index in [4.69, 9.17) is 9.47 Å². The number of likely N-dealkylation sites (N-methyl/N-ethyl adjacent to an activating group) is 1. The number of thiazole rings is 1. The van der Waals surface area contributed by atoms with Crippen molar-refractivity contribution in [1.82, 2.24) is 19.9 Å². The van der Waals surface area contributed by atoms with Crippen molar-refractivity contribution in [2.45, 2.75) is 88.9 Å². The number of likely N-dealkylation sites (tertiary alicyclic amines) is 1. The van der Waals surface area contributed by atoms with E-state index in [1.807, 2.05) is 0 Å². The third-order valence-corrected chi connectivity index (χ3v) is 10.1. The van der Waals surface area contributed by atoms with Crippen LogP contribution in [0.4, 0.5) is 20.4 Å². The molecule has 4 rings (SSSR count). The molecule has 2 aromatic rings. The number of hydrogen-bond acceptors (Lipinski definition) is 10. The minimum absolute atomic E-state index is 0.0205. The van der Waals surface area contributed by atoms with E-state index in [-0.39, 0.29) is 23.1 Å². The highest BCUT2D eigenvalue weighted by molar-refractivity contribution is 7.89. The molecule has 2 aliphatic rings. The molecule has 238 valence electrons. The fourth-order valence-corrected chi connectivity index (χ4v) is 7.90. The average Bonchev–Trinajstić information content (AvgIpc) is 3.55. The molecule has 2 fully saturated rings. The predicted molar refractivity (Wildman–Crippen MR) is 168 cm³/mol. The number of amides is 2. The molecule has 0 bridgehead atoms. The Morgan fingerprint density at radius 2 is 1.84 bits per heavy atom. The van der Waals surface area contributed by atoms with E-state index < -0.39 is 21.7 Å². The first-order chi connectivity index (χ1) is 20.2. The SMILES string of the molecule is CC(C)OC(=O)Nc1ccc(-c2cnc(N3CCC(NC(=O)OC[C@@H]4CCCN4C)CC3)s2)c(S(=O)(=O)NC(C)(C)C)c1. The third-order valence-electron chi connectivity index (χ3n) is 7.23. The number of rotatable bonds is 9. The first kappa shape index (κ1) is 33.0. The molecule has 12 nitrogen and oxygen atoms in total. The minimum atomic E-state index is -3.96. The average molecular weight is 637 g/mol. The first-order valence-corrected chi connectivity index (χ1v) is 17.0. The Bertz CT molecular complexity index is 1380. The van der Waals surface area contributed by atoms with Gasteiger partial charge in [-0.05, 0) is 86.0 Å². The normalized spacial score (nSPS) is 18.6. The lowest BCUT2D eigenvalue weighted by atomic mass is 10.1. The number of ether oxygens (including phenoxy) is 2. The Kier molecular flexibility index (Phi) is 10.6. The summed E-state index contributed by atoms with van der Waals surface area (Å²) in [5, 5.41) is 6.38. The van der Waals surface area contributed by atoms with Gasteiger partial charge in [0.2, 0.25) is 10.0 Å². The molecule has 2 aliphatic heterocycles. The summed E-state index contributed by atoms with van der Waals surface area (Å²) in [7, 11) is -1.90. The van der Waals surface area contributed by atoms with Gasteiger partial charge in [0.25, 0.3) is 0 Å². The third kappa shape index (κ3) is 9.27. The number of alkyl carbamates (subject to hydrolysis) is 1. The van der Waals surface area contributed by atoms with Crippen molar-refractivity contribution in [1.29, 1.82) is 0 Å². The van der Waals surface area contributed by atoms with Crippen molar-refractivity contribution >= 4 is 44.4 Å². The highest BCUT2D eigenvalue weighted by Gasteiger charge is 2.29. The number of piperidine rings is 1. The molecule has 1 aromatic carbocycles. The van der Waals surface area contributed by atoms with Gasteiger partial charge in [0.15, 0.2) is 5.13 Å². The van der Waals surface area contributed by atoms with Crippen molar-refractivity contribution < 1.29 is 27.5 Å². The molecule has 0 unspecified atom stereocenters. The maximum absolute atomic E-state index is 13.5. The molecular weight excluding hydrogens is 592 g/mol. The van der Waals surface area contributed by atoms with Crippen molar-refractivity contribution in [3.63, 3.8) is 0 Å². The summed E-state index contributed by atoms with van der Waals surface area (Å²) in [5.41, 5.74) is 0.0689. The number of benzene rings is 1. The number of anilines is 2. The van der Waals surface area contributed by atoms with Crippen LogP contribution in [0.3, 0.4) is 0 Å². The van der Waals surface area contributed by atoms with Crippen LogP contribution in [-0.4, -0.2) is 87.5 Å². The Morgan fingerprint density at radius 1 is 1.12 bits per heavy atom. The number of sulfonamides is 1. The molecule has 3 N–H and O–H groups in total. The van der Waals surface area contributed by atoms with Gasteiger partial charge < -0.3 is 24.6 Å². The summed E-state index contributed by atoms with van der Waals surface area (Å²) in [6.07, 6.45) is 3.99. The van der Waals surface area contributed by atoms with Crippen molar-refractivity contribution in [2.24, 2.45) is 0 Å². The smallest absolute Gasteiger partial charge is 0.411 e. The highest BCUT2D eigenvalue weighted by atomic mass is 32.2. The van der Waals surface area contributed by atoms with E-state index in [1.54, 1.807) is 52.9 Å². The summed E-state index contributed by atoms with van der Waals surface area (Å²) in [4.78, 5) is 34.2. The largest absolute Gasteiger partial charge is 0.448 e. The zero-order chi connectivity index (χ0) is 31.4. The van der Waals surface area contributed by atoms with Gasteiger partial charge in [-0.3, -0.25) is 5.32 Å². The fraction of sp³-hybridized carbons (Fsp3) is 0.621. The van der Waals surface area contributed by atoms with E-state index >= 15 is 0 Å². The molecule has 0 aliphatic carbocycles. The number of carbonyl (C=O) groups is 2. The van der Waals surface area contributed by atoms with E-state index in [0.29, 0.717) is 41.9 Å². The second-order valence-electron chi connectivity index (χ2n) is 12.4. The summed E-state index contributed by atoms with van der Waals surface area (Å²) in [6.45, 7) is 11.6. The second-order valence-corrected chi connectivity index (χ2v) is 15.1. The Morgan fingerprint density at radius 3 is 2.47 bits per heavy atom. The Labute approximate surface area is 258 Å². The second kappa shape index (κ2) is 13.8. The zero-order valence-corrected chi connectivity index (χ0v) is 27.4. The number of nitrogens with zero attached hydrogens (tertiary/aromatic N) is 3. The molecule has 43 heavy (non-hydrogen) atoms. The maximum atomic E-state index is 13.5. The first-order valence-electron chi connectivity index (χ1n) is 14.7. The van der Waals surface area contributed by atoms with Crippen molar-refractivity contribution in [3.05, 3.63) is 24.4 Å². The van der Waals surface area contributed by atoms with Gasteiger partial charge >= 0.3 is 12.2 Å². The monoisotopic (exact) mass is 636 g/mol. The number of aromatic nitrogens is 1. The maximum Gasteiger partial charge on any atom is 0.411 e. The zero-order valence-electron chi connectivity index (χ0n) is 25.8. The molecule has 3 heterocycles. The lowest BCUT2D eigenvalue weighted by molar-refractivity contribution is 0.111. The van der Waals surface area contributed by atoms with Crippen molar-refractivity contribution in [2.75, 3.05) is 43.5 Å². The van der Waals surface area contributed by atoms with Gasteiger partial charge in [0.1, 0.15) is 6.61 Å². The Balaban J connectivity index is 1.43. The topological polar surface area (TPSA) is 142 Å². The molecule has 14 heteroatoms. The van der Waals surface area contributed by atoms with Crippen LogP contribution < -0.4 is 20.3 Å². The molecule has 1 aromatic heterocycles.